The second-order valence-electron chi connectivity index (χ2n) is 4.69. The first-order valence-corrected chi connectivity index (χ1v) is 7.62. The number of aromatic nitrogens is 1. The number of hydrogen-bond donors (Lipinski definition) is 1. The Balaban J connectivity index is 1.80. The van der Waals surface area contributed by atoms with Crippen LogP contribution >= 0.6 is 11.3 Å². The molecule has 1 aliphatic heterocycles. The first-order chi connectivity index (χ1) is 9.60. The molecule has 2 amide bonds. The van der Waals surface area contributed by atoms with Crippen LogP contribution in [0.5, 0.6) is 0 Å². The second-order valence-corrected chi connectivity index (χ2v) is 5.75. The number of likely N-dealkylation sites (tertiary alicyclic amines) is 1. The van der Waals surface area contributed by atoms with Gasteiger partial charge in [-0.1, -0.05) is 0 Å². The maximum Gasteiger partial charge on any atom is 0.409 e. The number of thiazole rings is 1. The summed E-state index contributed by atoms with van der Waals surface area (Å²) in [6.45, 7) is 5.28. The van der Waals surface area contributed by atoms with Gasteiger partial charge in [-0.2, -0.15) is 0 Å². The largest absolute Gasteiger partial charge is 0.450 e. The van der Waals surface area contributed by atoms with E-state index in [9.17, 15) is 9.59 Å². The van der Waals surface area contributed by atoms with Gasteiger partial charge in [0.1, 0.15) is 5.69 Å². The van der Waals surface area contributed by atoms with Crippen molar-refractivity contribution < 1.29 is 14.3 Å². The minimum Gasteiger partial charge on any atom is -0.450 e. The van der Waals surface area contributed by atoms with Crippen LogP contribution in [0, 0.1) is 6.92 Å². The molecule has 0 bridgehead atoms. The van der Waals surface area contributed by atoms with E-state index in [1.54, 1.807) is 17.2 Å². The van der Waals surface area contributed by atoms with Crippen LogP contribution in [0.2, 0.25) is 0 Å². The lowest BCUT2D eigenvalue weighted by atomic mass is 10.1. The average Bonchev–Trinajstić information content (AvgIpc) is 2.86. The highest BCUT2D eigenvalue weighted by molar-refractivity contribution is 7.09. The van der Waals surface area contributed by atoms with Crippen molar-refractivity contribution in [2.45, 2.75) is 32.7 Å². The molecule has 2 heterocycles. The van der Waals surface area contributed by atoms with Gasteiger partial charge < -0.3 is 15.0 Å². The van der Waals surface area contributed by atoms with E-state index in [1.165, 1.54) is 11.3 Å². The monoisotopic (exact) mass is 297 g/mol. The number of nitrogens with zero attached hydrogens (tertiary/aromatic N) is 2. The van der Waals surface area contributed by atoms with Crippen molar-refractivity contribution in [2.75, 3.05) is 19.7 Å². The van der Waals surface area contributed by atoms with E-state index in [4.69, 9.17) is 4.74 Å². The predicted octanol–water partition coefficient (Wildman–Crippen LogP) is 1.80. The van der Waals surface area contributed by atoms with Gasteiger partial charge in [0.25, 0.3) is 5.91 Å². The molecule has 0 aliphatic carbocycles. The Hall–Kier alpha value is -1.63. The molecule has 0 atom stereocenters. The fourth-order valence-electron chi connectivity index (χ4n) is 2.15. The normalized spacial score (nSPS) is 16.0. The molecule has 1 fully saturated rings. The average molecular weight is 297 g/mol. The number of piperidine rings is 1. The Bertz CT molecular complexity index is 481. The number of rotatable bonds is 3. The Labute approximate surface area is 122 Å². The summed E-state index contributed by atoms with van der Waals surface area (Å²) in [6.07, 6.45) is 1.22. The highest BCUT2D eigenvalue weighted by atomic mass is 32.1. The van der Waals surface area contributed by atoms with Crippen LogP contribution in [0.15, 0.2) is 5.38 Å². The van der Waals surface area contributed by atoms with Gasteiger partial charge in [-0.05, 0) is 26.7 Å². The van der Waals surface area contributed by atoms with Crippen molar-refractivity contribution in [1.82, 2.24) is 15.2 Å². The summed E-state index contributed by atoms with van der Waals surface area (Å²) in [7, 11) is 0. The zero-order valence-electron chi connectivity index (χ0n) is 11.7. The lowest BCUT2D eigenvalue weighted by molar-refractivity contribution is 0.0857. The minimum atomic E-state index is -0.271. The maximum absolute atomic E-state index is 12.0. The molecule has 1 aromatic rings. The van der Waals surface area contributed by atoms with Crippen LogP contribution in [-0.2, 0) is 4.74 Å². The number of nitrogens with one attached hydrogen (secondary N) is 1. The zero-order valence-corrected chi connectivity index (χ0v) is 12.5. The van der Waals surface area contributed by atoms with Crippen LogP contribution < -0.4 is 5.32 Å². The molecule has 0 spiro atoms. The van der Waals surface area contributed by atoms with Crippen LogP contribution in [-0.4, -0.2) is 47.6 Å². The Morgan fingerprint density at radius 3 is 2.75 bits per heavy atom. The van der Waals surface area contributed by atoms with Gasteiger partial charge in [-0.15, -0.1) is 11.3 Å². The van der Waals surface area contributed by atoms with Gasteiger partial charge in [0.15, 0.2) is 0 Å². The number of carbonyl (C=O) groups excluding carboxylic acids is 2. The molecule has 1 aliphatic rings. The van der Waals surface area contributed by atoms with Crippen LogP contribution in [0.1, 0.15) is 35.3 Å². The smallest absolute Gasteiger partial charge is 0.409 e. The fourth-order valence-corrected chi connectivity index (χ4v) is 2.74. The molecule has 0 saturated carbocycles. The van der Waals surface area contributed by atoms with E-state index in [0.29, 0.717) is 25.4 Å². The zero-order chi connectivity index (χ0) is 14.5. The fraction of sp³-hybridized carbons (Fsp3) is 0.615. The number of carbonyl (C=O) groups is 2. The van der Waals surface area contributed by atoms with E-state index < -0.39 is 0 Å². The van der Waals surface area contributed by atoms with E-state index in [-0.39, 0.29) is 18.0 Å². The van der Waals surface area contributed by atoms with Gasteiger partial charge in [0.2, 0.25) is 0 Å². The third-order valence-electron chi connectivity index (χ3n) is 3.21. The second kappa shape index (κ2) is 6.69. The molecule has 2 rings (SSSR count). The molecular formula is C13H19N3O3S. The van der Waals surface area contributed by atoms with Gasteiger partial charge in [-0.25, -0.2) is 9.78 Å². The summed E-state index contributed by atoms with van der Waals surface area (Å²) in [5, 5.41) is 5.61. The molecule has 0 aromatic carbocycles. The van der Waals surface area contributed by atoms with Crippen LogP contribution in [0.3, 0.4) is 0 Å². The Morgan fingerprint density at radius 2 is 2.20 bits per heavy atom. The molecule has 1 aromatic heterocycles. The summed E-state index contributed by atoms with van der Waals surface area (Å²) in [5.41, 5.74) is 0.473. The predicted molar refractivity (Wildman–Crippen MR) is 75.9 cm³/mol. The molecule has 0 radical (unpaired) electrons. The molecular weight excluding hydrogens is 278 g/mol. The van der Waals surface area contributed by atoms with E-state index in [1.807, 2.05) is 6.92 Å². The number of aryl methyl sites for hydroxylation is 1. The van der Waals surface area contributed by atoms with E-state index in [2.05, 4.69) is 10.3 Å². The Morgan fingerprint density at radius 1 is 1.50 bits per heavy atom. The SMILES string of the molecule is CCOC(=O)N1CCC(NC(=O)c2csc(C)n2)CC1. The summed E-state index contributed by atoms with van der Waals surface area (Å²) in [4.78, 5) is 29.4. The third kappa shape index (κ3) is 3.69. The van der Waals surface area contributed by atoms with Gasteiger partial charge >= 0.3 is 6.09 Å². The summed E-state index contributed by atoms with van der Waals surface area (Å²) in [5.74, 6) is -0.135. The Kier molecular flexibility index (Phi) is 4.94. The summed E-state index contributed by atoms with van der Waals surface area (Å²) >= 11 is 1.46. The first kappa shape index (κ1) is 14.8. The third-order valence-corrected chi connectivity index (χ3v) is 3.98. The van der Waals surface area contributed by atoms with Crippen molar-refractivity contribution in [3.05, 3.63) is 16.1 Å². The minimum absolute atomic E-state index is 0.0928. The number of ether oxygens (including phenoxy) is 1. The number of amides is 2. The summed E-state index contributed by atoms with van der Waals surface area (Å²) < 4.78 is 4.96. The van der Waals surface area contributed by atoms with Gasteiger partial charge in [-0.3, -0.25) is 4.79 Å². The molecule has 110 valence electrons. The maximum atomic E-state index is 12.0. The van der Waals surface area contributed by atoms with E-state index >= 15 is 0 Å². The lowest BCUT2D eigenvalue weighted by Crippen LogP contribution is -2.46. The topological polar surface area (TPSA) is 71.5 Å². The van der Waals surface area contributed by atoms with E-state index in [0.717, 1.165) is 17.8 Å². The van der Waals surface area contributed by atoms with Gasteiger partial charge in [0, 0.05) is 24.5 Å². The van der Waals surface area contributed by atoms with Crippen molar-refractivity contribution in [2.24, 2.45) is 0 Å². The summed E-state index contributed by atoms with van der Waals surface area (Å²) in [6, 6.07) is 0.0928. The van der Waals surface area contributed by atoms with Crippen LogP contribution in [0.25, 0.3) is 0 Å². The van der Waals surface area contributed by atoms with Gasteiger partial charge in [0.05, 0.1) is 11.6 Å². The van der Waals surface area contributed by atoms with Crippen LogP contribution in [0.4, 0.5) is 4.79 Å². The van der Waals surface area contributed by atoms with Crippen molar-refractivity contribution in [1.29, 1.82) is 0 Å². The highest BCUT2D eigenvalue weighted by Gasteiger charge is 2.25. The molecule has 0 unspecified atom stereocenters. The molecule has 1 saturated heterocycles. The molecule has 7 heteroatoms. The lowest BCUT2D eigenvalue weighted by Gasteiger charge is -2.31. The quantitative estimate of drug-likeness (QED) is 0.923. The molecule has 6 nitrogen and oxygen atoms in total. The molecule has 20 heavy (non-hydrogen) atoms. The standard InChI is InChI=1S/C13H19N3O3S/c1-3-19-13(18)16-6-4-10(5-7-16)15-12(17)11-8-20-9(2)14-11/h8,10H,3-7H2,1-2H3,(H,15,17). The van der Waals surface area contributed by atoms with Crippen molar-refractivity contribution in [3.8, 4) is 0 Å². The van der Waals surface area contributed by atoms with Crippen molar-refractivity contribution >= 4 is 23.3 Å². The number of hydrogen-bond acceptors (Lipinski definition) is 5. The first-order valence-electron chi connectivity index (χ1n) is 6.75. The molecule has 1 N–H and O–H groups in total. The highest BCUT2D eigenvalue weighted by Crippen LogP contribution is 2.13. The van der Waals surface area contributed by atoms with Crippen molar-refractivity contribution in [3.63, 3.8) is 0 Å².